The highest BCUT2D eigenvalue weighted by atomic mass is 16.2. The molecule has 2 aromatic rings. The van der Waals surface area contributed by atoms with Gasteiger partial charge in [0, 0.05) is 18.9 Å². The highest BCUT2D eigenvalue weighted by Crippen LogP contribution is 2.32. The molecule has 2 N–H and O–H groups in total. The summed E-state index contributed by atoms with van der Waals surface area (Å²) in [5, 5.41) is 6.19. The van der Waals surface area contributed by atoms with Crippen LogP contribution in [-0.4, -0.2) is 48.2 Å². The smallest absolute Gasteiger partial charge is 0.243 e. The van der Waals surface area contributed by atoms with Gasteiger partial charge in [-0.1, -0.05) is 54.6 Å². The summed E-state index contributed by atoms with van der Waals surface area (Å²) in [5.74, 6) is -0.642. The van der Waals surface area contributed by atoms with Crippen LogP contribution < -0.4 is 10.6 Å². The second kappa shape index (κ2) is 11.0. The fraction of sp³-hybridized carbons (Fsp3) is 0.464. The molecule has 0 bridgehead atoms. The Balaban J connectivity index is 1.48. The van der Waals surface area contributed by atoms with Crippen molar-refractivity contribution in [1.29, 1.82) is 0 Å². The van der Waals surface area contributed by atoms with Crippen molar-refractivity contribution in [3.05, 3.63) is 71.3 Å². The molecule has 0 spiro atoms. The van der Waals surface area contributed by atoms with Crippen molar-refractivity contribution in [3.8, 4) is 0 Å². The Morgan fingerprint density at radius 3 is 2.53 bits per heavy atom. The van der Waals surface area contributed by atoms with Crippen LogP contribution in [-0.2, 0) is 27.2 Å². The third-order valence-corrected chi connectivity index (χ3v) is 7.33. The van der Waals surface area contributed by atoms with Crippen molar-refractivity contribution < 1.29 is 14.4 Å². The fourth-order valence-electron chi connectivity index (χ4n) is 5.24. The highest BCUT2D eigenvalue weighted by Gasteiger charge is 2.39. The summed E-state index contributed by atoms with van der Waals surface area (Å²) >= 11 is 0. The molecule has 1 aliphatic heterocycles. The zero-order valence-electron chi connectivity index (χ0n) is 20.1. The second-order valence-corrected chi connectivity index (χ2v) is 9.56. The number of hydrogen-bond acceptors (Lipinski definition) is 4. The molecule has 2 aromatic carbocycles. The number of carbonyl (C=O) groups excluding carboxylic acids is 3. The number of Topliss-reactive ketones (excluding diaryl/α,β-unsaturated/α-hetero) is 1. The minimum Gasteiger partial charge on any atom is -0.347 e. The number of nitrogens with zero attached hydrogens (tertiary/aromatic N) is 1. The molecule has 2 aliphatic rings. The molecule has 0 aromatic heterocycles. The van der Waals surface area contributed by atoms with Gasteiger partial charge in [0.1, 0.15) is 11.8 Å². The Bertz CT molecular complexity index is 1020. The standard InChI is InChI=1S/C28H35N3O3/c1-19(29-2)26(32)18-22(17-20-9-4-3-5-10-20)28(34)31-16-8-13-25(31)27(33)30-24-15-14-21-11-6-7-12-23(21)24/h3-7,9-12,19,22,24-25,29H,8,13-18H2,1-2H3,(H,30,33)/t19-,22+,24?,25?/m0/s1. The zero-order chi connectivity index (χ0) is 24.1. The third kappa shape index (κ3) is 5.39. The maximum atomic E-state index is 13.7. The van der Waals surface area contributed by atoms with Crippen molar-refractivity contribution in [2.45, 2.75) is 63.6 Å². The lowest BCUT2D eigenvalue weighted by atomic mass is 9.91. The van der Waals surface area contributed by atoms with Gasteiger partial charge in [0.15, 0.2) is 0 Å². The lowest BCUT2D eigenvalue weighted by molar-refractivity contribution is -0.143. The molecule has 6 nitrogen and oxygen atoms in total. The Labute approximate surface area is 202 Å². The van der Waals surface area contributed by atoms with Gasteiger partial charge in [-0.25, -0.2) is 0 Å². The van der Waals surface area contributed by atoms with E-state index in [2.05, 4.69) is 22.8 Å². The van der Waals surface area contributed by atoms with Gasteiger partial charge >= 0.3 is 0 Å². The monoisotopic (exact) mass is 461 g/mol. The summed E-state index contributed by atoms with van der Waals surface area (Å²) in [5.41, 5.74) is 3.49. The molecule has 180 valence electrons. The lowest BCUT2D eigenvalue weighted by Crippen LogP contribution is -2.49. The molecule has 1 aliphatic carbocycles. The Hall–Kier alpha value is -2.99. The molecule has 34 heavy (non-hydrogen) atoms. The first kappa shape index (κ1) is 24.1. The average Bonchev–Trinajstić information content (AvgIpc) is 3.51. The van der Waals surface area contributed by atoms with Crippen LogP contribution in [0.15, 0.2) is 54.6 Å². The van der Waals surface area contributed by atoms with Crippen LogP contribution in [0.4, 0.5) is 0 Å². The number of likely N-dealkylation sites (tertiary alicyclic amines) is 1. The Morgan fingerprint density at radius 1 is 1.03 bits per heavy atom. The molecular formula is C28H35N3O3. The molecule has 0 radical (unpaired) electrons. The van der Waals surface area contributed by atoms with Crippen molar-refractivity contribution in [1.82, 2.24) is 15.5 Å². The molecule has 4 rings (SSSR count). The first-order chi connectivity index (χ1) is 16.5. The van der Waals surface area contributed by atoms with Crippen LogP contribution in [0.25, 0.3) is 0 Å². The average molecular weight is 462 g/mol. The summed E-state index contributed by atoms with van der Waals surface area (Å²) in [4.78, 5) is 41.5. The maximum absolute atomic E-state index is 13.7. The lowest BCUT2D eigenvalue weighted by Gasteiger charge is -2.29. The summed E-state index contributed by atoms with van der Waals surface area (Å²) in [7, 11) is 1.75. The molecule has 1 fully saturated rings. The van der Waals surface area contributed by atoms with Crippen molar-refractivity contribution >= 4 is 17.6 Å². The van der Waals surface area contributed by atoms with Crippen LogP contribution in [0, 0.1) is 5.92 Å². The molecule has 6 heteroatoms. The van der Waals surface area contributed by atoms with E-state index >= 15 is 0 Å². The second-order valence-electron chi connectivity index (χ2n) is 9.56. The number of benzene rings is 2. The van der Waals surface area contributed by atoms with E-state index in [1.54, 1.807) is 11.9 Å². The minimum atomic E-state index is -0.480. The predicted molar refractivity (Wildman–Crippen MR) is 132 cm³/mol. The summed E-state index contributed by atoms with van der Waals surface area (Å²) in [6.45, 7) is 2.37. The SMILES string of the molecule is CN[C@@H](C)C(=O)C[C@@H](Cc1ccccc1)C(=O)N1CCCC1C(=O)NC1CCc2ccccc21. The van der Waals surface area contributed by atoms with Gasteiger partial charge in [0.25, 0.3) is 0 Å². The van der Waals surface area contributed by atoms with E-state index in [0.29, 0.717) is 19.4 Å². The van der Waals surface area contributed by atoms with Gasteiger partial charge in [-0.15, -0.1) is 0 Å². The third-order valence-electron chi connectivity index (χ3n) is 7.33. The Morgan fingerprint density at radius 2 is 1.76 bits per heavy atom. The van der Waals surface area contributed by atoms with E-state index < -0.39 is 12.0 Å². The number of fused-ring (bicyclic) bond motifs is 1. The summed E-state index contributed by atoms with van der Waals surface area (Å²) in [6.07, 6.45) is 3.95. The Kier molecular flexibility index (Phi) is 7.78. The van der Waals surface area contributed by atoms with E-state index in [9.17, 15) is 14.4 Å². The molecular weight excluding hydrogens is 426 g/mol. The van der Waals surface area contributed by atoms with Gasteiger partial charge in [0.2, 0.25) is 11.8 Å². The molecule has 2 amide bonds. The van der Waals surface area contributed by atoms with E-state index in [-0.39, 0.29) is 36.1 Å². The summed E-state index contributed by atoms with van der Waals surface area (Å²) in [6, 6.07) is 17.2. The number of nitrogens with one attached hydrogen (secondary N) is 2. The number of likely N-dealkylation sites (N-methyl/N-ethyl adjacent to an activating group) is 1. The van der Waals surface area contributed by atoms with Crippen LogP contribution in [0.5, 0.6) is 0 Å². The minimum absolute atomic E-state index is 0.000534. The van der Waals surface area contributed by atoms with E-state index in [4.69, 9.17) is 0 Å². The number of ketones is 1. The first-order valence-corrected chi connectivity index (χ1v) is 12.4. The van der Waals surface area contributed by atoms with Crippen LogP contribution in [0.3, 0.4) is 0 Å². The molecule has 2 unspecified atom stereocenters. The van der Waals surface area contributed by atoms with Crippen LogP contribution in [0.2, 0.25) is 0 Å². The van der Waals surface area contributed by atoms with Gasteiger partial charge in [-0.05, 0) is 62.8 Å². The van der Waals surface area contributed by atoms with Gasteiger partial charge in [-0.3, -0.25) is 14.4 Å². The molecule has 1 saturated heterocycles. The summed E-state index contributed by atoms with van der Waals surface area (Å²) < 4.78 is 0. The van der Waals surface area contributed by atoms with Gasteiger partial charge in [-0.2, -0.15) is 0 Å². The first-order valence-electron chi connectivity index (χ1n) is 12.4. The zero-order valence-corrected chi connectivity index (χ0v) is 20.1. The molecule has 4 atom stereocenters. The number of rotatable bonds is 9. The number of hydrogen-bond donors (Lipinski definition) is 2. The van der Waals surface area contributed by atoms with E-state index in [1.807, 2.05) is 49.4 Å². The highest BCUT2D eigenvalue weighted by molar-refractivity contribution is 5.93. The largest absolute Gasteiger partial charge is 0.347 e. The molecule has 1 heterocycles. The van der Waals surface area contributed by atoms with Crippen molar-refractivity contribution in [3.63, 3.8) is 0 Å². The number of aryl methyl sites for hydroxylation is 1. The topological polar surface area (TPSA) is 78.5 Å². The van der Waals surface area contributed by atoms with Crippen LogP contribution in [0.1, 0.15) is 55.3 Å². The predicted octanol–water partition coefficient (Wildman–Crippen LogP) is 3.21. The van der Waals surface area contributed by atoms with Crippen molar-refractivity contribution in [2.24, 2.45) is 5.92 Å². The van der Waals surface area contributed by atoms with E-state index in [1.165, 1.54) is 11.1 Å². The van der Waals surface area contributed by atoms with Crippen molar-refractivity contribution in [2.75, 3.05) is 13.6 Å². The van der Waals surface area contributed by atoms with Crippen LogP contribution >= 0.6 is 0 Å². The number of amides is 2. The molecule has 0 saturated carbocycles. The maximum Gasteiger partial charge on any atom is 0.243 e. The fourth-order valence-corrected chi connectivity index (χ4v) is 5.24. The normalized spacial score (nSPS) is 21.1. The quantitative estimate of drug-likeness (QED) is 0.601. The number of carbonyl (C=O) groups is 3. The van der Waals surface area contributed by atoms with E-state index in [0.717, 1.165) is 24.8 Å². The van der Waals surface area contributed by atoms with Gasteiger partial charge in [0.05, 0.1) is 12.1 Å². The van der Waals surface area contributed by atoms with Gasteiger partial charge < -0.3 is 15.5 Å².